The van der Waals surface area contributed by atoms with Crippen molar-refractivity contribution in [3.05, 3.63) is 29.8 Å². The Morgan fingerprint density at radius 3 is 2.43 bits per heavy atom. The molecule has 3 nitrogen and oxygen atoms in total. The van der Waals surface area contributed by atoms with E-state index in [9.17, 15) is 8.78 Å². The number of hydrogen-bond acceptors (Lipinski definition) is 2. The highest BCUT2D eigenvalue weighted by molar-refractivity contribution is 7.80. The van der Waals surface area contributed by atoms with Gasteiger partial charge >= 0.3 is 0 Å². The Hall–Kier alpha value is -1.27. The van der Waals surface area contributed by atoms with E-state index in [-0.39, 0.29) is 0 Å². The van der Waals surface area contributed by atoms with Gasteiger partial charge in [-0.25, -0.2) is 8.78 Å². The topological polar surface area (TPSA) is 18.5 Å². The minimum Gasteiger partial charge on any atom is -0.349 e. The third-order valence-electron chi connectivity index (χ3n) is 4.49. The van der Waals surface area contributed by atoms with Gasteiger partial charge < -0.3 is 15.1 Å². The molecule has 1 aromatic carbocycles. The van der Waals surface area contributed by atoms with Crippen LogP contribution < -0.4 is 5.32 Å². The molecule has 2 aliphatic rings. The van der Waals surface area contributed by atoms with Gasteiger partial charge in [0.1, 0.15) is 0 Å². The minimum absolute atomic E-state index is 0.475. The Labute approximate surface area is 128 Å². The molecule has 0 saturated carbocycles. The van der Waals surface area contributed by atoms with E-state index in [0.29, 0.717) is 16.2 Å². The Morgan fingerprint density at radius 1 is 1.19 bits per heavy atom. The highest BCUT2D eigenvalue weighted by atomic mass is 32.1. The zero-order valence-electron chi connectivity index (χ0n) is 12.0. The van der Waals surface area contributed by atoms with Gasteiger partial charge in [-0.15, -0.1) is 0 Å². The predicted molar refractivity (Wildman–Crippen MR) is 83.3 cm³/mol. The van der Waals surface area contributed by atoms with Crippen LogP contribution in [0, 0.1) is 17.0 Å². The van der Waals surface area contributed by atoms with Crippen LogP contribution in [0.4, 0.5) is 14.5 Å². The molecule has 1 spiro atoms. The van der Waals surface area contributed by atoms with Crippen molar-refractivity contribution in [3.8, 4) is 0 Å². The van der Waals surface area contributed by atoms with E-state index in [1.165, 1.54) is 19.2 Å². The van der Waals surface area contributed by atoms with Crippen molar-refractivity contribution < 1.29 is 8.78 Å². The van der Waals surface area contributed by atoms with Gasteiger partial charge in [-0.2, -0.15) is 0 Å². The molecule has 21 heavy (non-hydrogen) atoms. The van der Waals surface area contributed by atoms with Gasteiger partial charge in [0.05, 0.1) is 0 Å². The highest BCUT2D eigenvalue weighted by Gasteiger charge is 2.43. The molecule has 1 aromatic rings. The van der Waals surface area contributed by atoms with Crippen LogP contribution in [-0.4, -0.2) is 48.1 Å². The van der Waals surface area contributed by atoms with E-state index in [0.717, 1.165) is 38.1 Å². The van der Waals surface area contributed by atoms with Crippen LogP contribution in [0.1, 0.15) is 12.8 Å². The average Bonchev–Trinajstić information content (AvgIpc) is 2.42. The Morgan fingerprint density at radius 2 is 1.86 bits per heavy atom. The van der Waals surface area contributed by atoms with Crippen molar-refractivity contribution in [3.63, 3.8) is 0 Å². The van der Waals surface area contributed by atoms with E-state index in [1.807, 2.05) is 0 Å². The number of benzene rings is 1. The fraction of sp³-hybridized carbons (Fsp3) is 0.533. The van der Waals surface area contributed by atoms with Crippen molar-refractivity contribution in [1.29, 1.82) is 0 Å². The first-order valence-corrected chi connectivity index (χ1v) is 7.58. The van der Waals surface area contributed by atoms with Gasteiger partial charge in [-0.05, 0) is 49.7 Å². The van der Waals surface area contributed by atoms with Gasteiger partial charge in [0.2, 0.25) is 0 Å². The Kier molecular flexibility index (Phi) is 3.84. The third kappa shape index (κ3) is 3.01. The SMILES string of the molecule is CN1CC2(CCN(C(=S)Nc3ccc(F)c(F)c3)CC2)C1. The van der Waals surface area contributed by atoms with Gasteiger partial charge in [-0.3, -0.25) is 0 Å². The number of nitrogens with zero attached hydrogens (tertiary/aromatic N) is 2. The number of halogens is 2. The normalized spacial score (nSPS) is 21.2. The summed E-state index contributed by atoms with van der Waals surface area (Å²) in [7, 11) is 2.15. The number of thiocarbonyl (C=S) groups is 1. The van der Waals surface area contributed by atoms with E-state index < -0.39 is 11.6 Å². The Balaban J connectivity index is 1.55. The summed E-state index contributed by atoms with van der Waals surface area (Å²) < 4.78 is 26.1. The van der Waals surface area contributed by atoms with E-state index in [1.54, 1.807) is 0 Å². The first kappa shape index (κ1) is 14.7. The maximum absolute atomic E-state index is 13.2. The average molecular weight is 311 g/mol. The van der Waals surface area contributed by atoms with Gasteiger partial charge in [0.15, 0.2) is 16.7 Å². The van der Waals surface area contributed by atoms with Crippen LogP contribution in [-0.2, 0) is 0 Å². The molecule has 0 atom stereocenters. The first-order chi connectivity index (χ1) is 9.97. The van der Waals surface area contributed by atoms with Crippen LogP contribution in [0.5, 0.6) is 0 Å². The van der Waals surface area contributed by atoms with Crippen molar-refractivity contribution in [2.45, 2.75) is 12.8 Å². The van der Waals surface area contributed by atoms with Gasteiger partial charge in [0.25, 0.3) is 0 Å². The molecule has 6 heteroatoms. The second-order valence-electron chi connectivity index (χ2n) is 6.22. The second kappa shape index (κ2) is 5.50. The summed E-state index contributed by atoms with van der Waals surface area (Å²) in [6.45, 7) is 4.18. The quantitative estimate of drug-likeness (QED) is 0.804. The third-order valence-corrected chi connectivity index (χ3v) is 4.85. The molecule has 0 aliphatic carbocycles. The standard InChI is InChI=1S/C15H19F2N3S/c1-19-9-15(10-19)4-6-20(7-5-15)14(21)18-11-2-3-12(16)13(17)8-11/h2-3,8H,4-7,9-10H2,1H3,(H,18,21). The molecule has 0 aromatic heterocycles. The summed E-state index contributed by atoms with van der Waals surface area (Å²) in [4.78, 5) is 4.45. The highest BCUT2D eigenvalue weighted by Crippen LogP contribution is 2.39. The summed E-state index contributed by atoms with van der Waals surface area (Å²) in [5.74, 6) is -1.71. The summed E-state index contributed by atoms with van der Waals surface area (Å²) in [5.41, 5.74) is 0.964. The number of piperidine rings is 1. The summed E-state index contributed by atoms with van der Waals surface area (Å²) >= 11 is 5.37. The van der Waals surface area contributed by atoms with Crippen molar-refractivity contribution in [2.24, 2.45) is 5.41 Å². The molecular weight excluding hydrogens is 292 g/mol. The summed E-state index contributed by atoms with van der Waals surface area (Å²) in [6, 6.07) is 3.74. The lowest BCUT2D eigenvalue weighted by molar-refractivity contribution is -0.0189. The molecule has 3 rings (SSSR count). The molecule has 0 radical (unpaired) electrons. The van der Waals surface area contributed by atoms with Crippen molar-refractivity contribution in [1.82, 2.24) is 9.80 Å². The van der Waals surface area contributed by atoms with Crippen molar-refractivity contribution in [2.75, 3.05) is 38.5 Å². The fourth-order valence-corrected chi connectivity index (χ4v) is 3.68. The smallest absolute Gasteiger partial charge is 0.173 e. The summed E-state index contributed by atoms with van der Waals surface area (Å²) in [5, 5.41) is 3.58. The van der Waals surface area contributed by atoms with Crippen LogP contribution >= 0.6 is 12.2 Å². The number of likely N-dealkylation sites (tertiary alicyclic amines) is 2. The first-order valence-electron chi connectivity index (χ1n) is 7.17. The molecule has 2 heterocycles. The lowest BCUT2D eigenvalue weighted by atomic mass is 9.72. The number of nitrogens with one attached hydrogen (secondary N) is 1. The van der Waals surface area contributed by atoms with E-state index in [4.69, 9.17) is 12.2 Å². The molecular formula is C15H19F2N3S. The number of rotatable bonds is 1. The fourth-order valence-electron chi connectivity index (χ4n) is 3.38. The van der Waals surface area contributed by atoms with E-state index in [2.05, 4.69) is 22.2 Å². The lowest BCUT2D eigenvalue weighted by Crippen LogP contribution is -2.59. The molecule has 0 unspecified atom stereocenters. The van der Waals surface area contributed by atoms with Gasteiger partial charge in [0, 0.05) is 37.9 Å². The molecule has 2 saturated heterocycles. The van der Waals surface area contributed by atoms with Crippen LogP contribution in [0.25, 0.3) is 0 Å². The number of anilines is 1. The molecule has 2 fully saturated rings. The zero-order valence-corrected chi connectivity index (χ0v) is 12.8. The maximum atomic E-state index is 13.2. The van der Waals surface area contributed by atoms with Crippen LogP contribution in [0.15, 0.2) is 18.2 Å². The minimum atomic E-state index is -0.863. The van der Waals surface area contributed by atoms with Crippen LogP contribution in [0.2, 0.25) is 0 Å². The zero-order chi connectivity index (χ0) is 15.0. The molecule has 2 aliphatic heterocycles. The number of hydrogen-bond donors (Lipinski definition) is 1. The molecule has 0 bridgehead atoms. The molecule has 114 valence electrons. The molecule has 1 N–H and O–H groups in total. The maximum Gasteiger partial charge on any atom is 0.173 e. The predicted octanol–water partition coefficient (Wildman–Crippen LogP) is 2.69. The van der Waals surface area contributed by atoms with Crippen LogP contribution in [0.3, 0.4) is 0 Å². The molecule has 0 amide bonds. The van der Waals surface area contributed by atoms with Gasteiger partial charge in [-0.1, -0.05) is 0 Å². The monoisotopic (exact) mass is 311 g/mol. The summed E-state index contributed by atoms with van der Waals surface area (Å²) in [6.07, 6.45) is 2.27. The van der Waals surface area contributed by atoms with Crippen molar-refractivity contribution >= 4 is 23.0 Å². The second-order valence-corrected chi connectivity index (χ2v) is 6.61. The lowest BCUT2D eigenvalue weighted by Gasteiger charge is -2.53. The Bertz CT molecular complexity index is 548. The van der Waals surface area contributed by atoms with E-state index >= 15 is 0 Å². The largest absolute Gasteiger partial charge is 0.349 e.